The van der Waals surface area contributed by atoms with E-state index in [0.717, 1.165) is 12.1 Å². The summed E-state index contributed by atoms with van der Waals surface area (Å²) in [6, 6.07) is 9.25. The van der Waals surface area contributed by atoms with Crippen molar-refractivity contribution in [2.24, 2.45) is 0 Å². The lowest BCUT2D eigenvalue weighted by Crippen LogP contribution is -1.97. The summed E-state index contributed by atoms with van der Waals surface area (Å²) < 4.78 is 13.2. The van der Waals surface area contributed by atoms with Gasteiger partial charge in [-0.15, -0.1) is 0 Å². The van der Waals surface area contributed by atoms with Crippen molar-refractivity contribution in [1.29, 1.82) is 0 Å². The third kappa shape index (κ3) is 2.81. The molecule has 3 aromatic rings. The number of allylic oxidation sites excluding steroid dienone is 1. The maximum atomic E-state index is 13.2. The lowest BCUT2D eigenvalue weighted by molar-refractivity contribution is 0.584. The van der Waals surface area contributed by atoms with Crippen molar-refractivity contribution in [2.45, 2.75) is 6.42 Å². The second-order valence-corrected chi connectivity index (χ2v) is 5.30. The fourth-order valence-corrected chi connectivity index (χ4v) is 2.60. The maximum Gasteiger partial charge on any atom is 0.213 e. The second kappa shape index (κ2) is 5.61. The summed E-state index contributed by atoms with van der Waals surface area (Å²) in [6.07, 6.45) is 9.91. The number of aromatic nitrogens is 3. The molecule has 0 spiro atoms. The summed E-state index contributed by atoms with van der Waals surface area (Å²) in [4.78, 5) is 12.2. The van der Waals surface area contributed by atoms with Gasteiger partial charge in [-0.25, -0.2) is 9.97 Å². The topological polar surface area (TPSA) is 50.7 Å². The van der Waals surface area contributed by atoms with Crippen LogP contribution in [-0.2, 0) is 6.42 Å². The van der Waals surface area contributed by atoms with Crippen molar-refractivity contribution in [3.8, 4) is 11.3 Å². The van der Waals surface area contributed by atoms with E-state index in [4.69, 9.17) is 0 Å². The van der Waals surface area contributed by atoms with E-state index in [9.17, 15) is 4.39 Å². The van der Waals surface area contributed by atoms with E-state index in [1.165, 1.54) is 23.4 Å². The van der Waals surface area contributed by atoms with E-state index in [0.29, 0.717) is 17.1 Å². The smallest absolute Gasteiger partial charge is 0.213 e. The first-order valence-corrected chi connectivity index (χ1v) is 7.28. The van der Waals surface area contributed by atoms with E-state index >= 15 is 0 Å². The number of nitrogens with one attached hydrogen (secondary N) is 1. The van der Waals surface area contributed by atoms with Crippen LogP contribution in [0.25, 0.3) is 17.3 Å². The number of nitrogens with zero attached hydrogens (tertiary/aromatic N) is 3. The number of hydrogen-bond acceptors (Lipinski definition) is 4. The summed E-state index contributed by atoms with van der Waals surface area (Å²) in [5.74, 6) is 0.0784. The first-order valence-electron chi connectivity index (χ1n) is 7.28. The zero-order valence-corrected chi connectivity index (χ0v) is 12.2. The van der Waals surface area contributed by atoms with Crippen molar-refractivity contribution in [3.63, 3.8) is 0 Å². The lowest BCUT2D eigenvalue weighted by atomic mass is 10.1. The molecule has 0 radical (unpaired) electrons. The number of benzene rings is 1. The maximum absolute atomic E-state index is 13.2. The van der Waals surface area contributed by atoms with Crippen LogP contribution >= 0.6 is 0 Å². The monoisotopic (exact) mass is 304 g/mol. The Labute approximate surface area is 132 Å². The second-order valence-electron chi connectivity index (χ2n) is 5.30. The molecule has 0 bridgehead atoms. The molecule has 4 nitrogen and oxygen atoms in total. The van der Waals surface area contributed by atoms with Crippen molar-refractivity contribution >= 4 is 17.6 Å². The largest absolute Gasteiger partial charge is 0.339 e. The minimum atomic E-state index is -0.534. The third-order valence-electron chi connectivity index (χ3n) is 3.71. The zero-order valence-electron chi connectivity index (χ0n) is 12.2. The van der Waals surface area contributed by atoms with Crippen LogP contribution in [0.1, 0.15) is 11.1 Å². The number of halogens is 1. The fourth-order valence-electron chi connectivity index (χ4n) is 2.60. The Bertz CT molecular complexity index is 905. The molecule has 23 heavy (non-hydrogen) atoms. The molecule has 1 N–H and O–H groups in total. The molecule has 0 fully saturated rings. The summed E-state index contributed by atoms with van der Waals surface area (Å²) in [5.41, 5.74) is 4.73. The van der Waals surface area contributed by atoms with Crippen LogP contribution in [0.2, 0.25) is 0 Å². The molecular formula is C18H13FN4. The van der Waals surface area contributed by atoms with Crippen LogP contribution in [0, 0.1) is 5.95 Å². The summed E-state index contributed by atoms with van der Waals surface area (Å²) >= 11 is 0. The number of anilines is 2. The van der Waals surface area contributed by atoms with Gasteiger partial charge in [0.2, 0.25) is 5.95 Å². The molecule has 1 aromatic carbocycles. The molecule has 2 aromatic heterocycles. The predicted molar refractivity (Wildman–Crippen MR) is 87.7 cm³/mol. The van der Waals surface area contributed by atoms with Gasteiger partial charge >= 0.3 is 0 Å². The average molecular weight is 304 g/mol. The predicted octanol–water partition coefficient (Wildman–Crippen LogP) is 3.99. The first kappa shape index (κ1) is 13.6. The minimum Gasteiger partial charge on any atom is -0.339 e. The van der Waals surface area contributed by atoms with Crippen molar-refractivity contribution in [2.75, 3.05) is 5.32 Å². The fraction of sp³-hybridized carbons (Fsp3) is 0.0556. The van der Waals surface area contributed by atoms with Crippen LogP contribution in [0.15, 0.2) is 55.0 Å². The Morgan fingerprint density at radius 2 is 2.04 bits per heavy atom. The van der Waals surface area contributed by atoms with E-state index < -0.39 is 5.95 Å². The van der Waals surface area contributed by atoms with Crippen molar-refractivity contribution in [1.82, 2.24) is 15.0 Å². The molecule has 0 amide bonds. The van der Waals surface area contributed by atoms with Gasteiger partial charge in [0, 0.05) is 23.5 Å². The van der Waals surface area contributed by atoms with Gasteiger partial charge in [0.05, 0.1) is 18.1 Å². The highest BCUT2D eigenvalue weighted by Crippen LogP contribution is 2.25. The lowest BCUT2D eigenvalue weighted by Gasteiger charge is -2.09. The van der Waals surface area contributed by atoms with E-state index in [2.05, 4.69) is 44.6 Å². The number of fused-ring (bicyclic) bond motifs is 1. The average Bonchev–Trinajstić information content (AvgIpc) is 3.03. The zero-order chi connectivity index (χ0) is 15.6. The molecule has 0 unspecified atom stereocenters. The summed E-state index contributed by atoms with van der Waals surface area (Å²) in [5, 5.41) is 3.24. The number of hydrogen-bond donors (Lipinski definition) is 1. The number of pyridine rings is 1. The van der Waals surface area contributed by atoms with Crippen LogP contribution < -0.4 is 5.32 Å². The summed E-state index contributed by atoms with van der Waals surface area (Å²) in [7, 11) is 0. The Morgan fingerprint density at radius 1 is 1.09 bits per heavy atom. The SMILES string of the molecule is Fc1cc(-c2cncc(Nc3ccc4c(c3)C=CC4)n2)ccn1. The van der Waals surface area contributed by atoms with Gasteiger partial charge in [0.1, 0.15) is 5.82 Å². The number of rotatable bonds is 3. The molecule has 0 aliphatic heterocycles. The quantitative estimate of drug-likeness (QED) is 0.743. The molecule has 2 heterocycles. The molecular weight excluding hydrogens is 291 g/mol. The van der Waals surface area contributed by atoms with Crippen LogP contribution in [0.4, 0.5) is 15.9 Å². The summed E-state index contributed by atoms with van der Waals surface area (Å²) in [6.45, 7) is 0. The van der Waals surface area contributed by atoms with E-state index in [-0.39, 0.29) is 0 Å². The van der Waals surface area contributed by atoms with Gasteiger partial charge in [-0.05, 0) is 35.7 Å². The Balaban J connectivity index is 1.63. The van der Waals surface area contributed by atoms with Crippen LogP contribution in [-0.4, -0.2) is 15.0 Å². The van der Waals surface area contributed by atoms with Gasteiger partial charge < -0.3 is 5.32 Å². The highest BCUT2D eigenvalue weighted by molar-refractivity contribution is 5.68. The minimum absolute atomic E-state index is 0.534. The van der Waals surface area contributed by atoms with Crippen LogP contribution in [0.3, 0.4) is 0 Å². The molecule has 0 saturated carbocycles. The molecule has 0 saturated heterocycles. The highest BCUT2D eigenvalue weighted by Gasteiger charge is 2.07. The molecule has 112 valence electrons. The Morgan fingerprint density at radius 3 is 2.96 bits per heavy atom. The van der Waals surface area contributed by atoms with Crippen molar-refractivity contribution in [3.05, 3.63) is 72.1 Å². The molecule has 5 heteroatoms. The Kier molecular flexibility index (Phi) is 3.31. The van der Waals surface area contributed by atoms with E-state index in [1.807, 2.05) is 6.07 Å². The first-order chi connectivity index (χ1) is 11.3. The van der Waals surface area contributed by atoms with Gasteiger partial charge in [0.15, 0.2) is 0 Å². The molecule has 4 rings (SSSR count). The van der Waals surface area contributed by atoms with Crippen molar-refractivity contribution < 1.29 is 4.39 Å². The van der Waals surface area contributed by atoms with Gasteiger partial charge in [0.25, 0.3) is 0 Å². The Hall–Kier alpha value is -3.08. The molecule has 0 atom stereocenters. The molecule has 1 aliphatic carbocycles. The van der Waals surface area contributed by atoms with E-state index in [1.54, 1.807) is 18.5 Å². The standard InChI is InChI=1S/C18H13FN4/c19-17-9-14(6-7-21-17)16-10-20-11-18(23-16)22-15-5-4-12-2-1-3-13(12)8-15/h1,3-11H,2H2,(H,22,23). The van der Waals surface area contributed by atoms with Crippen LogP contribution in [0.5, 0.6) is 0 Å². The molecule has 1 aliphatic rings. The third-order valence-corrected chi connectivity index (χ3v) is 3.71. The van der Waals surface area contributed by atoms with Gasteiger partial charge in [-0.2, -0.15) is 4.39 Å². The van der Waals surface area contributed by atoms with Gasteiger partial charge in [-0.3, -0.25) is 4.98 Å². The normalized spacial score (nSPS) is 12.2. The highest BCUT2D eigenvalue weighted by atomic mass is 19.1. The van der Waals surface area contributed by atoms with Gasteiger partial charge in [-0.1, -0.05) is 18.2 Å².